The topological polar surface area (TPSA) is 35.5 Å². The number of aliphatic hydroxyl groups is 1. The van der Waals surface area contributed by atoms with Crippen molar-refractivity contribution in [2.24, 2.45) is 0 Å². The third kappa shape index (κ3) is 2.94. The Labute approximate surface area is 87.5 Å². The van der Waals surface area contributed by atoms with Gasteiger partial charge in [0.15, 0.2) is 0 Å². The maximum Gasteiger partial charge on any atom is 0.0597 e. The highest BCUT2D eigenvalue weighted by Gasteiger charge is 2.35. The van der Waals surface area contributed by atoms with E-state index in [1.807, 2.05) is 0 Å². The van der Waals surface area contributed by atoms with Crippen molar-refractivity contribution < 1.29 is 5.11 Å². The molecule has 84 valence electrons. The van der Waals surface area contributed by atoms with E-state index in [1.165, 1.54) is 0 Å². The molecule has 1 unspecified atom stereocenters. The molecular weight excluding hydrogens is 176 g/mol. The highest BCUT2D eigenvalue weighted by atomic mass is 16.3. The molecule has 0 saturated carbocycles. The van der Waals surface area contributed by atoms with E-state index in [0.717, 1.165) is 13.1 Å². The quantitative estimate of drug-likeness (QED) is 0.658. The van der Waals surface area contributed by atoms with Gasteiger partial charge in [-0.1, -0.05) is 0 Å². The summed E-state index contributed by atoms with van der Waals surface area (Å²) in [6.45, 7) is 13.2. The third-order valence-corrected chi connectivity index (χ3v) is 2.79. The number of aliphatic hydroxyl groups excluding tert-OH is 1. The van der Waals surface area contributed by atoms with Crippen molar-refractivity contribution in [1.82, 2.24) is 10.2 Å². The zero-order chi connectivity index (χ0) is 11.0. The lowest BCUT2D eigenvalue weighted by Crippen LogP contribution is -2.66. The van der Waals surface area contributed by atoms with Crippen LogP contribution in [0.1, 0.15) is 34.6 Å². The molecule has 0 aromatic rings. The highest BCUT2D eigenvalue weighted by Crippen LogP contribution is 2.21. The van der Waals surface area contributed by atoms with Crippen LogP contribution in [0.15, 0.2) is 0 Å². The Bertz CT molecular complexity index is 196. The second-order valence-corrected chi connectivity index (χ2v) is 5.96. The number of nitrogens with one attached hydrogen (secondary N) is 1. The van der Waals surface area contributed by atoms with Crippen molar-refractivity contribution in [2.75, 3.05) is 19.7 Å². The lowest BCUT2D eigenvalue weighted by Gasteiger charge is -2.48. The zero-order valence-corrected chi connectivity index (χ0v) is 10.1. The fourth-order valence-electron chi connectivity index (χ4n) is 2.07. The predicted octanol–water partition coefficient (Wildman–Crippen LogP) is 0.830. The standard InChI is InChI=1S/C11H24N2O/c1-10(2,3)13-6-9(7-14)12-11(4,5)8-13/h9,12,14H,6-8H2,1-5H3. The van der Waals surface area contributed by atoms with Gasteiger partial charge in [-0.2, -0.15) is 0 Å². The summed E-state index contributed by atoms with van der Waals surface area (Å²) in [6.07, 6.45) is 0. The minimum Gasteiger partial charge on any atom is -0.395 e. The molecule has 3 heteroatoms. The Morgan fingerprint density at radius 1 is 1.43 bits per heavy atom. The van der Waals surface area contributed by atoms with Crippen molar-refractivity contribution in [3.05, 3.63) is 0 Å². The minimum absolute atomic E-state index is 0.0962. The molecule has 0 aromatic heterocycles. The molecule has 0 amide bonds. The fourth-order valence-corrected chi connectivity index (χ4v) is 2.07. The molecule has 0 bridgehead atoms. The van der Waals surface area contributed by atoms with Crippen molar-refractivity contribution in [1.29, 1.82) is 0 Å². The van der Waals surface area contributed by atoms with Crippen LogP contribution in [0.5, 0.6) is 0 Å². The summed E-state index contributed by atoms with van der Waals surface area (Å²) in [7, 11) is 0. The van der Waals surface area contributed by atoms with Gasteiger partial charge in [0.1, 0.15) is 0 Å². The first-order chi connectivity index (χ1) is 6.24. The fraction of sp³-hybridized carbons (Fsp3) is 1.00. The number of piperazine rings is 1. The van der Waals surface area contributed by atoms with Gasteiger partial charge in [0.25, 0.3) is 0 Å². The zero-order valence-electron chi connectivity index (χ0n) is 10.1. The molecule has 1 saturated heterocycles. The van der Waals surface area contributed by atoms with Gasteiger partial charge in [0.05, 0.1) is 6.61 Å². The van der Waals surface area contributed by atoms with Gasteiger partial charge in [0, 0.05) is 30.2 Å². The van der Waals surface area contributed by atoms with E-state index in [9.17, 15) is 5.11 Å². The SMILES string of the molecule is CC1(C)CN(C(C)(C)C)CC(CO)N1. The molecule has 3 nitrogen and oxygen atoms in total. The van der Waals surface area contributed by atoms with Gasteiger partial charge >= 0.3 is 0 Å². The molecule has 14 heavy (non-hydrogen) atoms. The minimum atomic E-state index is 0.0962. The first-order valence-corrected chi connectivity index (χ1v) is 5.38. The Morgan fingerprint density at radius 2 is 2.00 bits per heavy atom. The maximum absolute atomic E-state index is 9.22. The lowest BCUT2D eigenvalue weighted by atomic mass is 9.94. The molecule has 1 aliphatic rings. The van der Waals surface area contributed by atoms with Crippen molar-refractivity contribution in [2.45, 2.75) is 51.7 Å². The van der Waals surface area contributed by atoms with E-state index < -0.39 is 0 Å². The van der Waals surface area contributed by atoms with Crippen LogP contribution in [-0.4, -0.2) is 46.8 Å². The summed E-state index contributed by atoms with van der Waals surface area (Å²) in [6, 6.07) is 0.206. The molecule has 1 heterocycles. The van der Waals surface area contributed by atoms with Crippen molar-refractivity contribution in [3.8, 4) is 0 Å². The van der Waals surface area contributed by atoms with Crippen LogP contribution in [0, 0.1) is 0 Å². The second kappa shape index (κ2) is 3.80. The molecule has 1 rings (SSSR count). The smallest absolute Gasteiger partial charge is 0.0597 e. The van der Waals surface area contributed by atoms with Crippen LogP contribution in [0.25, 0.3) is 0 Å². The van der Waals surface area contributed by atoms with Crippen LogP contribution < -0.4 is 5.32 Å². The Balaban J connectivity index is 2.71. The monoisotopic (exact) mass is 200 g/mol. The Morgan fingerprint density at radius 3 is 2.43 bits per heavy atom. The van der Waals surface area contributed by atoms with Crippen molar-refractivity contribution >= 4 is 0 Å². The van der Waals surface area contributed by atoms with E-state index in [-0.39, 0.29) is 23.7 Å². The average Bonchev–Trinajstić information content (AvgIpc) is 1.99. The van der Waals surface area contributed by atoms with Crippen molar-refractivity contribution in [3.63, 3.8) is 0 Å². The van der Waals surface area contributed by atoms with Gasteiger partial charge in [-0.3, -0.25) is 4.90 Å². The first-order valence-electron chi connectivity index (χ1n) is 5.38. The molecule has 0 aromatic carbocycles. The first kappa shape index (κ1) is 12.0. The van der Waals surface area contributed by atoms with Gasteiger partial charge in [-0.05, 0) is 34.6 Å². The van der Waals surface area contributed by atoms with Gasteiger partial charge in [-0.15, -0.1) is 0 Å². The van der Waals surface area contributed by atoms with E-state index in [4.69, 9.17) is 0 Å². The summed E-state index contributed by atoms with van der Waals surface area (Å²) < 4.78 is 0. The van der Waals surface area contributed by atoms with Crippen LogP contribution in [-0.2, 0) is 0 Å². The summed E-state index contributed by atoms with van der Waals surface area (Å²) in [5, 5.41) is 12.7. The average molecular weight is 200 g/mol. The van der Waals surface area contributed by atoms with Crippen LogP contribution in [0.4, 0.5) is 0 Å². The molecule has 1 aliphatic heterocycles. The van der Waals surface area contributed by atoms with Gasteiger partial charge in [0.2, 0.25) is 0 Å². The van der Waals surface area contributed by atoms with Crippen LogP contribution in [0.2, 0.25) is 0 Å². The summed E-state index contributed by atoms with van der Waals surface area (Å²) >= 11 is 0. The van der Waals surface area contributed by atoms with E-state index >= 15 is 0 Å². The summed E-state index contributed by atoms with van der Waals surface area (Å²) in [5.74, 6) is 0. The van der Waals surface area contributed by atoms with E-state index in [2.05, 4.69) is 44.8 Å². The van der Waals surface area contributed by atoms with Crippen LogP contribution in [0.3, 0.4) is 0 Å². The molecule has 0 spiro atoms. The molecular formula is C11H24N2O. The number of rotatable bonds is 1. The number of nitrogens with zero attached hydrogens (tertiary/aromatic N) is 1. The normalized spacial score (nSPS) is 29.1. The Hall–Kier alpha value is -0.120. The predicted molar refractivity (Wildman–Crippen MR) is 59.4 cm³/mol. The Kier molecular flexibility index (Phi) is 3.24. The van der Waals surface area contributed by atoms with E-state index in [1.54, 1.807) is 0 Å². The molecule has 1 fully saturated rings. The number of hydrogen-bond donors (Lipinski definition) is 2. The van der Waals surface area contributed by atoms with Crippen LogP contribution >= 0.6 is 0 Å². The van der Waals surface area contributed by atoms with Gasteiger partial charge in [-0.25, -0.2) is 0 Å². The molecule has 1 atom stereocenters. The number of hydrogen-bond acceptors (Lipinski definition) is 3. The summed E-state index contributed by atoms with van der Waals surface area (Å²) in [4.78, 5) is 2.43. The van der Waals surface area contributed by atoms with E-state index in [0.29, 0.717) is 0 Å². The maximum atomic E-state index is 9.22. The largest absolute Gasteiger partial charge is 0.395 e. The summed E-state index contributed by atoms with van der Waals surface area (Å²) in [5.41, 5.74) is 0.283. The lowest BCUT2D eigenvalue weighted by molar-refractivity contribution is 0.0282. The third-order valence-electron chi connectivity index (χ3n) is 2.79. The molecule has 0 radical (unpaired) electrons. The molecule has 0 aliphatic carbocycles. The highest BCUT2D eigenvalue weighted by molar-refractivity contribution is 4.95. The van der Waals surface area contributed by atoms with Gasteiger partial charge < -0.3 is 10.4 Å². The molecule has 2 N–H and O–H groups in total. The second-order valence-electron chi connectivity index (χ2n) is 5.96.